The molecule has 9 heteroatoms. The van der Waals surface area contributed by atoms with Crippen LogP contribution in [0.1, 0.15) is 31.1 Å². The van der Waals surface area contributed by atoms with Gasteiger partial charge in [0, 0.05) is 32.7 Å². The minimum Gasteiger partial charge on any atom is -0.462 e. The number of benzene rings is 1. The van der Waals surface area contributed by atoms with Crippen molar-refractivity contribution in [3.05, 3.63) is 29.8 Å². The van der Waals surface area contributed by atoms with Crippen molar-refractivity contribution in [2.75, 3.05) is 39.3 Å². The predicted octanol–water partition coefficient (Wildman–Crippen LogP) is 1.54. The first-order chi connectivity index (χ1) is 12.8. The maximum atomic E-state index is 12.8. The molecule has 0 aromatic heterocycles. The van der Waals surface area contributed by atoms with E-state index in [4.69, 9.17) is 4.74 Å². The molecule has 0 atom stereocenters. The van der Waals surface area contributed by atoms with Crippen LogP contribution in [-0.2, 0) is 14.8 Å². The van der Waals surface area contributed by atoms with E-state index in [-0.39, 0.29) is 30.6 Å². The molecule has 1 aliphatic heterocycles. The molecule has 0 unspecified atom stereocenters. The van der Waals surface area contributed by atoms with Crippen molar-refractivity contribution in [3.8, 4) is 0 Å². The van der Waals surface area contributed by atoms with Gasteiger partial charge in [-0.25, -0.2) is 18.0 Å². The maximum Gasteiger partial charge on any atom is 0.338 e. The number of esters is 1. The third kappa shape index (κ3) is 5.43. The van der Waals surface area contributed by atoms with Gasteiger partial charge in [-0.3, -0.25) is 0 Å². The van der Waals surface area contributed by atoms with E-state index in [9.17, 15) is 18.0 Å². The third-order valence-corrected chi connectivity index (χ3v) is 6.10. The normalized spacial score (nSPS) is 15.6. The Bertz CT molecular complexity index is 754. The predicted molar refractivity (Wildman–Crippen MR) is 101 cm³/mol. The van der Waals surface area contributed by atoms with Gasteiger partial charge in [-0.1, -0.05) is 13.8 Å². The number of rotatable bonds is 6. The number of hydrogen-bond acceptors (Lipinski definition) is 5. The summed E-state index contributed by atoms with van der Waals surface area (Å²) < 4.78 is 31.8. The highest BCUT2D eigenvalue weighted by Gasteiger charge is 2.30. The van der Waals surface area contributed by atoms with Crippen molar-refractivity contribution in [2.24, 2.45) is 5.92 Å². The number of nitrogens with one attached hydrogen (secondary N) is 1. The van der Waals surface area contributed by atoms with E-state index in [2.05, 4.69) is 5.32 Å². The summed E-state index contributed by atoms with van der Waals surface area (Å²) in [4.78, 5) is 25.5. The van der Waals surface area contributed by atoms with E-state index >= 15 is 0 Å². The Kier molecular flexibility index (Phi) is 7.20. The van der Waals surface area contributed by atoms with Crippen LogP contribution in [0.5, 0.6) is 0 Å². The zero-order chi connectivity index (χ0) is 20.0. The lowest BCUT2D eigenvalue weighted by molar-refractivity contribution is 0.0526. The van der Waals surface area contributed by atoms with Crippen LogP contribution in [0.25, 0.3) is 0 Å². The van der Waals surface area contributed by atoms with Gasteiger partial charge in [-0.2, -0.15) is 4.31 Å². The van der Waals surface area contributed by atoms with Crippen molar-refractivity contribution in [1.82, 2.24) is 14.5 Å². The topological polar surface area (TPSA) is 96.0 Å². The van der Waals surface area contributed by atoms with Crippen LogP contribution in [0.15, 0.2) is 29.2 Å². The van der Waals surface area contributed by atoms with E-state index in [0.717, 1.165) is 0 Å². The van der Waals surface area contributed by atoms with Gasteiger partial charge in [0.05, 0.1) is 17.1 Å². The smallest absolute Gasteiger partial charge is 0.338 e. The quantitative estimate of drug-likeness (QED) is 0.735. The first-order valence-electron chi connectivity index (χ1n) is 9.05. The molecule has 1 fully saturated rings. The number of ether oxygens (including phenoxy) is 1. The van der Waals surface area contributed by atoms with Crippen LogP contribution < -0.4 is 5.32 Å². The van der Waals surface area contributed by atoms with Gasteiger partial charge in [0.25, 0.3) is 0 Å². The highest BCUT2D eigenvalue weighted by atomic mass is 32.2. The second kappa shape index (κ2) is 9.18. The number of carbonyl (C=O) groups is 2. The Labute approximate surface area is 160 Å². The highest BCUT2D eigenvalue weighted by Crippen LogP contribution is 2.18. The number of piperazine rings is 1. The highest BCUT2D eigenvalue weighted by molar-refractivity contribution is 7.89. The van der Waals surface area contributed by atoms with Crippen molar-refractivity contribution < 1.29 is 22.7 Å². The lowest BCUT2D eigenvalue weighted by Crippen LogP contribution is -2.53. The van der Waals surface area contributed by atoms with Crippen LogP contribution in [0, 0.1) is 5.92 Å². The van der Waals surface area contributed by atoms with Crippen molar-refractivity contribution >= 4 is 22.0 Å². The van der Waals surface area contributed by atoms with Crippen molar-refractivity contribution in [3.63, 3.8) is 0 Å². The van der Waals surface area contributed by atoms with E-state index in [1.165, 1.54) is 28.6 Å². The molecule has 2 amide bonds. The standard InChI is InChI=1S/C18H27N3O5S/c1-4-26-17(22)15-5-7-16(8-6-15)27(24,25)21-11-9-20(10-12-21)18(23)19-13-14(2)3/h5-8,14H,4,9-13H2,1-3H3,(H,19,23). The van der Waals surface area contributed by atoms with E-state index in [1.807, 2.05) is 13.8 Å². The Hall–Kier alpha value is -2.13. The maximum absolute atomic E-state index is 12.8. The Balaban J connectivity index is 1.98. The summed E-state index contributed by atoms with van der Waals surface area (Å²) in [5.41, 5.74) is 0.308. The van der Waals surface area contributed by atoms with Crippen LogP contribution >= 0.6 is 0 Å². The van der Waals surface area contributed by atoms with Crippen LogP contribution in [0.4, 0.5) is 4.79 Å². The van der Waals surface area contributed by atoms with Gasteiger partial charge >= 0.3 is 12.0 Å². The van der Waals surface area contributed by atoms with Gasteiger partial charge in [0.1, 0.15) is 0 Å². The summed E-state index contributed by atoms with van der Waals surface area (Å²) in [5, 5.41) is 2.84. The Morgan fingerprint density at radius 1 is 1.11 bits per heavy atom. The molecule has 8 nitrogen and oxygen atoms in total. The zero-order valence-electron chi connectivity index (χ0n) is 16.0. The van der Waals surface area contributed by atoms with E-state index in [0.29, 0.717) is 31.1 Å². The first-order valence-corrected chi connectivity index (χ1v) is 10.5. The molecule has 1 aromatic carbocycles. The molecule has 0 bridgehead atoms. The minimum absolute atomic E-state index is 0.119. The van der Waals surface area contributed by atoms with Crippen LogP contribution in [0.3, 0.4) is 0 Å². The molecule has 1 aliphatic rings. The lowest BCUT2D eigenvalue weighted by Gasteiger charge is -2.34. The molecule has 1 N–H and O–H groups in total. The number of carbonyl (C=O) groups excluding carboxylic acids is 2. The van der Waals surface area contributed by atoms with E-state index < -0.39 is 16.0 Å². The molecular formula is C18H27N3O5S. The molecule has 27 heavy (non-hydrogen) atoms. The molecule has 1 heterocycles. The van der Waals surface area contributed by atoms with Gasteiger partial charge in [0.2, 0.25) is 10.0 Å². The average Bonchev–Trinajstić information content (AvgIpc) is 2.66. The summed E-state index contributed by atoms with van der Waals surface area (Å²) >= 11 is 0. The van der Waals surface area contributed by atoms with Crippen molar-refractivity contribution in [2.45, 2.75) is 25.7 Å². The van der Waals surface area contributed by atoms with Crippen molar-refractivity contribution in [1.29, 1.82) is 0 Å². The van der Waals surface area contributed by atoms with Gasteiger partial charge < -0.3 is 15.0 Å². The number of nitrogens with zero attached hydrogens (tertiary/aromatic N) is 2. The fourth-order valence-electron chi connectivity index (χ4n) is 2.66. The second-order valence-corrected chi connectivity index (χ2v) is 8.65. The van der Waals surface area contributed by atoms with Crippen LogP contribution in [0.2, 0.25) is 0 Å². The summed E-state index contributed by atoms with van der Waals surface area (Å²) in [6.07, 6.45) is 0. The first kappa shape index (κ1) is 21.2. The number of hydrogen-bond donors (Lipinski definition) is 1. The summed E-state index contributed by atoms with van der Waals surface area (Å²) in [6.45, 7) is 7.72. The molecule has 0 saturated carbocycles. The minimum atomic E-state index is -3.67. The summed E-state index contributed by atoms with van der Waals surface area (Å²) in [6, 6.07) is 5.53. The summed E-state index contributed by atoms with van der Waals surface area (Å²) in [7, 11) is -3.67. The molecule has 0 radical (unpaired) electrons. The molecule has 1 saturated heterocycles. The fourth-order valence-corrected chi connectivity index (χ4v) is 4.08. The molecule has 150 valence electrons. The third-order valence-electron chi connectivity index (χ3n) is 4.19. The van der Waals surface area contributed by atoms with E-state index in [1.54, 1.807) is 11.8 Å². The Morgan fingerprint density at radius 3 is 2.22 bits per heavy atom. The fraction of sp³-hybridized carbons (Fsp3) is 0.556. The van der Waals surface area contributed by atoms with Gasteiger partial charge in [-0.15, -0.1) is 0 Å². The zero-order valence-corrected chi connectivity index (χ0v) is 16.8. The lowest BCUT2D eigenvalue weighted by atomic mass is 10.2. The number of amides is 2. The largest absolute Gasteiger partial charge is 0.462 e. The molecule has 1 aromatic rings. The second-order valence-electron chi connectivity index (χ2n) is 6.72. The van der Waals surface area contributed by atoms with Gasteiger partial charge in [0.15, 0.2) is 0 Å². The molecular weight excluding hydrogens is 370 g/mol. The SMILES string of the molecule is CCOC(=O)c1ccc(S(=O)(=O)N2CCN(C(=O)NCC(C)C)CC2)cc1. The van der Waals surface area contributed by atoms with Gasteiger partial charge in [-0.05, 0) is 37.1 Å². The Morgan fingerprint density at radius 2 is 1.70 bits per heavy atom. The molecule has 0 spiro atoms. The van der Waals surface area contributed by atoms with Crippen LogP contribution in [-0.4, -0.2) is 69.0 Å². The average molecular weight is 397 g/mol. The molecule has 2 rings (SSSR count). The molecule has 0 aliphatic carbocycles. The summed E-state index contributed by atoms with van der Waals surface area (Å²) in [5.74, 6) is -0.129. The number of sulfonamides is 1. The monoisotopic (exact) mass is 397 g/mol. The number of urea groups is 1.